The molecule has 0 saturated heterocycles. The van der Waals surface area contributed by atoms with Crippen LogP contribution in [0.2, 0.25) is 0 Å². The second kappa shape index (κ2) is 4.17. The molecular formula is C12H16O3. The molecule has 0 unspecified atom stereocenters. The minimum absolute atomic E-state index is 0.0461. The summed E-state index contributed by atoms with van der Waals surface area (Å²) in [7, 11) is 0. The molecule has 0 aromatic rings. The van der Waals surface area contributed by atoms with Gasteiger partial charge in [0.25, 0.3) is 0 Å². The SMILES string of the molecule is CCOC(=O)CC(=O)[C@@H]1C[C@H]2C=C[C@H]1C2. The molecule has 1 fully saturated rings. The van der Waals surface area contributed by atoms with Crippen LogP contribution >= 0.6 is 0 Å². The Morgan fingerprint density at radius 2 is 2.13 bits per heavy atom. The van der Waals surface area contributed by atoms with E-state index in [1.807, 2.05) is 0 Å². The van der Waals surface area contributed by atoms with Crippen LogP contribution in [0.15, 0.2) is 12.2 Å². The molecule has 2 aliphatic carbocycles. The van der Waals surface area contributed by atoms with Crippen molar-refractivity contribution in [1.29, 1.82) is 0 Å². The van der Waals surface area contributed by atoms with Crippen LogP contribution in [0.25, 0.3) is 0 Å². The molecular weight excluding hydrogens is 192 g/mol. The Balaban J connectivity index is 1.87. The maximum absolute atomic E-state index is 11.8. The second-order valence-corrected chi connectivity index (χ2v) is 4.33. The van der Waals surface area contributed by atoms with E-state index < -0.39 is 0 Å². The lowest BCUT2D eigenvalue weighted by Crippen LogP contribution is -2.22. The predicted molar refractivity (Wildman–Crippen MR) is 55.1 cm³/mol. The van der Waals surface area contributed by atoms with Gasteiger partial charge in [-0.1, -0.05) is 12.2 Å². The van der Waals surface area contributed by atoms with Crippen LogP contribution in [0.1, 0.15) is 26.2 Å². The Hall–Kier alpha value is -1.12. The molecule has 0 aromatic heterocycles. The first kappa shape index (κ1) is 10.4. The number of Topliss-reactive ketones (excluding diaryl/α,β-unsaturated/α-hetero) is 1. The molecule has 1 saturated carbocycles. The van der Waals surface area contributed by atoms with E-state index >= 15 is 0 Å². The van der Waals surface area contributed by atoms with Crippen molar-refractivity contribution in [2.45, 2.75) is 26.2 Å². The van der Waals surface area contributed by atoms with Crippen molar-refractivity contribution in [2.24, 2.45) is 17.8 Å². The van der Waals surface area contributed by atoms with E-state index in [1.54, 1.807) is 6.92 Å². The summed E-state index contributed by atoms with van der Waals surface area (Å²) in [6.07, 6.45) is 6.30. The quantitative estimate of drug-likeness (QED) is 0.401. The highest BCUT2D eigenvalue weighted by atomic mass is 16.5. The van der Waals surface area contributed by atoms with Crippen molar-refractivity contribution >= 4 is 11.8 Å². The standard InChI is InChI=1S/C12H16O3/c1-2-15-12(14)7-11(13)10-6-8-3-4-9(10)5-8/h3-4,8-10H,2,5-7H2,1H3/t8-,9-,10+/m0/s1. The average Bonchev–Trinajstić information content (AvgIpc) is 2.78. The van der Waals surface area contributed by atoms with Gasteiger partial charge in [-0.25, -0.2) is 0 Å². The van der Waals surface area contributed by atoms with Gasteiger partial charge in [0, 0.05) is 5.92 Å². The largest absolute Gasteiger partial charge is 0.466 e. The number of esters is 1. The Morgan fingerprint density at radius 3 is 2.67 bits per heavy atom. The third kappa shape index (κ3) is 2.11. The van der Waals surface area contributed by atoms with E-state index in [-0.39, 0.29) is 24.1 Å². The summed E-state index contributed by atoms with van der Waals surface area (Å²) in [5.41, 5.74) is 0. The van der Waals surface area contributed by atoms with E-state index in [0.29, 0.717) is 18.4 Å². The Bertz CT molecular complexity index is 306. The van der Waals surface area contributed by atoms with Gasteiger partial charge in [0.05, 0.1) is 6.61 Å². The number of hydrogen-bond donors (Lipinski definition) is 0. The van der Waals surface area contributed by atoms with Crippen LogP contribution in [0.5, 0.6) is 0 Å². The van der Waals surface area contributed by atoms with E-state index in [0.717, 1.165) is 12.8 Å². The summed E-state index contributed by atoms with van der Waals surface area (Å²) in [4.78, 5) is 22.9. The monoisotopic (exact) mass is 208 g/mol. The number of allylic oxidation sites excluding steroid dienone is 2. The molecule has 0 aromatic carbocycles. The number of hydrogen-bond acceptors (Lipinski definition) is 3. The first-order valence-electron chi connectivity index (χ1n) is 5.57. The van der Waals surface area contributed by atoms with Crippen LogP contribution in [0.4, 0.5) is 0 Å². The Morgan fingerprint density at radius 1 is 1.33 bits per heavy atom. The molecule has 82 valence electrons. The topological polar surface area (TPSA) is 43.4 Å². The van der Waals surface area contributed by atoms with Gasteiger partial charge in [-0.15, -0.1) is 0 Å². The third-order valence-electron chi connectivity index (χ3n) is 3.32. The zero-order chi connectivity index (χ0) is 10.8. The van der Waals surface area contributed by atoms with Crippen molar-refractivity contribution < 1.29 is 14.3 Å². The molecule has 0 N–H and O–H groups in total. The number of rotatable bonds is 4. The van der Waals surface area contributed by atoms with Gasteiger partial charge in [0.15, 0.2) is 0 Å². The van der Waals surface area contributed by atoms with E-state index in [1.165, 1.54) is 0 Å². The molecule has 0 radical (unpaired) electrons. The summed E-state index contributed by atoms with van der Waals surface area (Å²) >= 11 is 0. The number of ether oxygens (including phenoxy) is 1. The Labute approximate surface area is 89.5 Å². The van der Waals surface area contributed by atoms with Crippen LogP contribution in [0.3, 0.4) is 0 Å². The van der Waals surface area contributed by atoms with Crippen molar-refractivity contribution in [3.8, 4) is 0 Å². The summed E-state index contributed by atoms with van der Waals surface area (Å²) in [6, 6.07) is 0. The van der Waals surface area contributed by atoms with Crippen LogP contribution in [-0.4, -0.2) is 18.4 Å². The molecule has 3 atom stereocenters. The van der Waals surface area contributed by atoms with Gasteiger partial charge in [-0.3, -0.25) is 9.59 Å². The number of carbonyl (C=O) groups excluding carboxylic acids is 2. The summed E-state index contributed by atoms with van der Waals surface area (Å²) < 4.78 is 4.77. The molecule has 0 spiro atoms. The van der Waals surface area contributed by atoms with Gasteiger partial charge in [0.1, 0.15) is 12.2 Å². The Kier molecular flexibility index (Phi) is 2.89. The molecule has 0 heterocycles. The fourth-order valence-electron chi connectivity index (χ4n) is 2.64. The normalized spacial score (nSPS) is 31.9. The highest BCUT2D eigenvalue weighted by molar-refractivity contribution is 5.97. The van der Waals surface area contributed by atoms with Crippen LogP contribution in [-0.2, 0) is 14.3 Å². The van der Waals surface area contributed by atoms with Crippen molar-refractivity contribution in [3.63, 3.8) is 0 Å². The lowest BCUT2D eigenvalue weighted by molar-refractivity contribution is -0.146. The minimum Gasteiger partial charge on any atom is -0.466 e. The van der Waals surface area contributed by atoms with Gasteiger partial charge in [-0.05, 0) is 31.6 Å². The molecule has 2 rings (SSSR count). The molecule has 15 heavy (non-hydrogen) atoms. The second-order valence-electron chi connectivity index (χ2n) is 4.33. The van der Waals surface area contributed by atoms with Crippen LogP contribution < -0.4 is 0 Å². The molecule has 3 heteroatoms. The predicted octanol–water partition coefficient (Wildman–Crippen LogP) is 1.72. The lowest BCUT2D eigenvalue weighted by Gasteiger charge is -2.15. The van der Waals surface area contributed by atoms with Crippen LogP contribution in [0, 0.1) is 17.8 Å². The first-order chi connectivity index (χ1) is 7.20. The minimum atomic E-state index is -0.380. The maximum Gasteiger partial charge on any atom is 0.313 e. The molecule has 0 amide bonds. The zero-order valence-corrected chi connectivity index (χ0v) is 8.94. The number of ketones is 1. The summed E-state index contributed by atoms with van der Waals surface area (Å²) in [5, 5.41) is 0. The molecule has 3 nitrogen and oxygen atoms in total. The fraction of sp³-hybridized carbons (Fsp3) is 0.667. The average molecular weight is 208 g/mol. The number of carbonyl (C=O) groups is 2. The van der Waals surface area contributed by atoms with Gasteiger partial charge >= 0.3 is 5.97 Å². The zero-order valence-electron chi connectivity index (χ0n) is 8.94. The van der Waals surface area contributed by atoms with Crippen molar-refractivity contribution in [3.05, 3.63) is 12.2 Å². The van der Waals surface area contributed by atoms with Gasteiger partial charge < -0.3 is 4.74 Å². The molecule has 0 aliphatic heterocycles. The first-order valence-corrected chi connectivity index (χ1v) is 5.57. The lowest BCUT2D eigenvalue weighted by atomic mass is 9.88. The van der Waals surface area contributed by atoms with Crippen molar-refractivity contribution in [1.82, 2.24) is 0 Å². The molecule has 2 aliphatic rings. The molecule has 2 bridgehead atoms. The van der Waals surface area contributed by atoms with Gasteiger partial charge in [0.2, 0.25) is 0 Å². The smallest absolute Gasteiger partial charge is 0.313 e. The maximum atomic E-state index is 11.8. The highest BCUT2D eigenvalue weighted by Gasteiger charge is 2.39. The van der Waals surface area contributed by atoms with E-state index in [9.17, 15) is 9.59 Å². The summed E-state index contributed by atoms with van der Waals surface area (Å²) in [5.74, 6) is 0.715. The van der Waals surface area contributed by atoms with Crippen molar-refractivity contribution in [2.75, 3.05) is 6.61 Å². The highest BCUT2D eigenvalue weighted by Crippen LogP contribution is 2.44. The van der Waals surface area contributed by atoms with Gasteiger partial charge in [-0.2, -0.15) is 0 Å². The van der Waals surface area contributed by atoms with E-state index in [2.05, 4.69) is 12.2 Å². The van der Waals surface area contributed by atoms with E-state index in [4.69, 9.17) is 4.74 Å². The number of fused-ring (bicyclic) bond motifs is 2. The summed E-state index contributed by atoms with van der Waals surface area (Å²) in [6.45, 7) is 2.10. The fourth-order valence-corrected chi connectivity index (χ4v) is 2.64. The third-order valence-corrected chi connectivity index (χ3v) is 3.32.